The number of hydrogen-bond donors (Lipinski definition) is 6. The number of nitrogens with two attached hydrogens (primary N) is 2. The van der Waals surface area contributed by atoms with Crippen molar-refractivity contribution in [2.45, 2.75) is 103 Å². The highest BCUT2D eigenvalue weighted by Crippen LogP contribution is 2.38. The zero-order valence-electron chi connectivity index (χ0n) is 31.7. The van der Waals surface area contributed by atoms with Gasteiger partial charge < -0.3 is 47.3 Å². The fourth-order valence-corrected chi connectivity index (χ4v) is 7.56. The molecule has 14 nitrogen and oxygen atoms in total. The molecule has 0 aliphatic carbocycles. The van der Waals surface area contributed by atoms with E-state index in [-0.39, 0.29) is 53.5 Å². The summed E-state index contributed by atoms with van der Waals surface area (Å²) in [4.78, 5) is 68.2. The lowest BCUT2D eigenvalue weighted by Gasteiger charge is -2.30. The monoisotopic (exact) mass is 732 g/mol. The minimum Gasteiger partial charge on any atom is -0.453 e. The number of methoxy groups -OCH3 is 1. The second-order valence-electron chi connectivity index (χ2n) is 15.3. The molecule has 288 valence electrons. The molecule has 0 spiro atoms. The Hall–Kier alpha value is -4.85. The molecule has 6 atom stereocenters. The van der Waals surface area contributed by atoms with Crippen molar-refractivity contribution in [1.29, 1.82) is 0 Å². The van der Waals surface area contributed by atoms with Gasteiger partial charge in [-0.05, 0) is 85.8 Å². The van der Waals surface area contributed by atoms with E-state index in [0.29, 0.717) is 55.1 Å². The first kappa shape index (κ1) is 39.4. The summed E-state index contributed by atoms with van der Waals surface area (Å²) in [5.41, 5.74) is 16.7. The molecule has 14 heteroatoms. The number of rotatable bonds is 11. The number of amides is 5. The number of benzene rings is 2. The van der Waals surface area contributed by atoms with Crippen LogP contribution >= 0.6 is 0 Å². The van der Waals surface area contributed by atoms with Gasteiger partial charge in [-0.1, -0.05) is 46.8 Å². The van der Waals surface area contributed by atoms with E-state index in [0.717, 1.165) is 30.4 Å². The van der Waals surface area contributed by atoms with Crippen LogP contribution < -0.4 is 32.7 Å². The van der Waals surface area contributed by atoms with Crippen molar-refractivity contribution in [2.75, 3.05) is 42.3 Å². The topological polar surface area (TPSA) is 201 Å². The van der Waals surface area contributed by atoms with Crippen LogP contribution in [0.4, 0.5) is 27.5 Å². The van der Waals surface area contributed by atoms with Gasteiger partial charge in [-0.2, -0.15) is 0 Å². The van der Waals surface area contributed by atoms with Crippen molar-refractivity contribution in [2.24, 2.45) is 17.8 Å². The fourth-order valence-electron chi connectivity index (χ4n) is 7.56. The molecule has 2 aromatic rings. The molecular weight excluding hydrogens is 676 g/mol. The Morgan fingerprint density at radius 1 is 0.717 bits per heavy atom. The number of alkyl carbamates (subject to hydrolysis) is 1. The second kappa shape index (κ2) is 16.9. The maximum atomic E-state index is 13.4. The van der Waals surface area contributed by atoms with Crippen LogP contribution in [0.5, 0.6) is 0 Å². The quantitative estimate of drug-likeness (QED) is 0.179. The minimum atomic E-state index is -0.817. The van der Waals surface area contributed by atoms with Crippen molar-refractivity contribution in [3.8, 4) is 0 Å². The lowest BCUT2D eigenvalue weighted by atomic mass is 9.96. The van der Waals surface area contributed by atoms with Gasteiger partial charge in [-0.15, -0.1) is 0 Å². The molecule has 0 aromatic heterocycles. The van der Waals surface area contributed by atoms with Crippen LogP contribution in [-0.2, 0) is 23.9 Å². The maximum absolute atomic E-state index is 13.4. The van der Waals surface area contributed by atoms with Gasteiger partial charge in [-0.25, -0.2) is 4.79 Å². The molecule has 2 aromatic carbocycles. The molecule has 53 heavy (non-hydrogen) atoms. The van der Waals surface area contributed by atoms with E-state index in [4.69, 9.17) is 16.2 Å². The summed E-state index contributed by atoms with van der Waals surface area (Å²) in [6.07, 6.45) is 3.59. The van der Waals surface area contributed by atoms with Crippen LogP contribution in [0.1, 0.15) is 96.4 Å². The van der Waals surface area contributed by atoms with E-state index in [1.807, 2.05) is 65.0 Å². The van der Waals surface area contributed by atoms with E-state index >= 15 is 0 Å². The molecule has 3 heterocycles. The van der Waals surface area contributed by atoms with Crippen molar-refractivity contribution in [1.82, 2.24) is 20.4 Å². The number of carbonyl (C=O) groups is 5. The summed E-state index contributed by atoms with van der Waals surface area (Å²) in [6.45, 7) is 10.6. The van der Waals surface area contributed by atoms with Gasteiger partial charge >= 0.3 is 6.09 Å². The van der Waals surface area contributed by atoms with Crippen LogP contribution in [0, 0.1) is 17.8 Å². The van der Waals surface area contributed by atoms with Gasteiger partial charge in [0.15, 0.2) is 0 Å². The molecule has 3 aliphatic rings. The Morgan fingerprint density at radius 2 is 1.19 bits per heavy atom. The zero-order valence-corrected chi connectivity index (χ0v) is 31.7. The first-order chi connectivity index (χ1) is 25.2. The number of nitrogens with one attached hydrogen (secondary N) is 4. The Labute approximate surface area is 312 Å². The average molecular weight is 733 g/mol. The summed E-state index contributed by atoms with van der Waals surface area (Å²) < 4.78 is 4.69. The third-order valence-electron chi connectivity index (χ3n) is 11.1. The molecule has 8 N–H and O–H groups in total. The zero-order chi connectivity index (χ0) is 38.6. The Balaban J connectivity index is 1.18. The molecule has 3 aliphatic heterocycles. The van der Waals surface area contributed by atoms with Gasteiger partial charge in [0.2, 0.25) is 23.6 Å². The molecule has 0 bridgehead atoms. The number of nitrogens with zero attached hydrogens (tertiary/aromatic N) is 2. The van der Waals surface area contributed by atoms with Gasteiger partial charge in [0.05, 0.1) is 29.9 Å². The van der Waals surface area contributed by atoms with E-state index in [9.17, 15) is 24.0 Å². The lowest BCUT2D eigenvalue weighted by molar-refractivity contribution is -0.140. The van der Waals surface area contributed by atoms with Crippen molar-refractivity contribution < 1.29 is 28.7 Å². The second-order valence-corrected chi connectivity index (χ2v) is 15.3. The van der Waals surface area contributed by atoms with E-state index in [1.54, 1.807) is 11.0 Å². The average Bonchev–Trinajstić information content (AvgIpc) is 3.93. The molecule has 0 radical (unpaired) electrons. The number of likely N-dealkylation sites (tertiary alicyclic amines) is 2. The van der Waals surface area contributed by atoms with Gasteiger partial charge in [0, 0.05) is 31.1 Å². The highest BCUT2D eigenvalue weighted by Gasteiger charge is 2.40. The normalized spacial score (nSPS) is 22.5. The number of nitrogen functional groups attached to an aromatic ring is 2. The molecular formula is C39H56N8O6. The predicted octanol–water partition coefficient (Wildman–Crippen LogP) is 4.55. The largest absolute Gasteiger partial charge is 0.453 e. The fraction of sp³-hybridized carbons (Fsp3) is 0.564. The van der Waals surface area contributed by atoms with E-state index in [1.165, 1.54) is 12.0 Å². The first-order valence-electron chi connectivity index (χ1n) is 18.8. The van der Waals surface area contributed by atoms with Crippen LogP contribution in [0.15, 0.2) is 36.4 Å². The summed E-state index contributed by atoms with van der Waals surface area (Å²) >= 11 is 0. The highest BCUT2D eigenvalue weighted by molar-refractivity contribution is 6.01. The molecule has 3 fully saturated rings. The van der Waals surface area contributed by atoms with Crippen molar-refractivity contribution in [3.05, 3.63) is 47.5 Å². The minimum absolute atomic E-state index is 0.0142. The molecule has 5 rings (SSSR count). The summed E-state index contributed by atoms with van der Waals surface area (Å²) in [7, 11) is 1.24. The Morgan fingerprint density at radius 3 is 1.60 bits per heavy atom. The molecule has 0 saturated carbocycles. The first-order valence-corrected chi connectivity index (χ1v) is 18.8. The smallest absolute Gasteiger partial charge is 0.407 e. The molecule has 6 unspecified atom stereocenters. The third kappa shape index (κ3) is 8.86. The van der Waals surface area contributed by atoms with Crippen molar-refractivity contribution >= 4 is 52.5 Å². The third-order valence-corrected chi connectivity index (χ3v) is 11.1. The van der Waals surface area contributed by atoms with Crippen LogP contribution in [0.3, 0.4) is 0 Å². The van der Waals surface area contributed by atoms with Gasteiger partial charge in [-0.3, -0.25) is 19.2 Å². The number of hydrogen-bond acceptors (Lipinski definition) is 9. The Bertz CT molecular complexity index is 1700. The standard InChI is InChI=1S/C39H56N8O6/c1-21(2)23(5)37(50)46-17-7-9-32(46)35(48)43-30-13-11-24(19-26(30)40)28-15-16-29(42-28)25-12-14-31(27(41)20-25)44-36(49)33-10-8-18-47(33)38(51)34(22(3)4)45-39(52)53-6/h11-14,19-23,28-29,32-34,42H,7-10,15-18,40-41H2,1-6H3,(H,43,48)(H,44,49)(H,45,52). The number of anilines is 4. The van der Waals surface area contributed by atoms with Crippen molar-refractivity contribution in [3.63, 3.8) is 0 Å². The maximum Gasteiger partial charge on any atom is 0.407 e. The summed E-state index contributed by atoms with van der Waals surface area (Å²) in [5.74, 6) is -1.02. The number of carbonyl (C=O) groups excluding carboxylic acids is 5. The van der Waals surface area contributed by atoms with Crippen LogP contribution in [0.2, 0.25) is 0 Å². The summed E-state index contributed by atoms with van der Waals surface area (Å²) in [5, 5.41) is 12.1. The number of ether oxygens (including phenoxy) is 1. The highest BCUT2D eigenvalue weighted by atomic mass is 16.5. The van der Waals surface area contributed by atoms with Gasteiger partial charge in [0.1, 0.15) is 18.1 Å². The van der Waals surface area contributed by atoms with E-state index in [2.05, 4.69) is 21.3 Å². The lowest BCUT2D eigenvalue weighted by Crippen LogP contribution is -2.54. The predicted molar refractivity (Wildman–Crippen MR) is 204 cm³/mol. The molecule has 3 saturated heterocycles. The van der Waals surface area contributed by atoms with Gasteiger partial charge in [0.25, 0.3) is 0 Å². The summed E-state index contributed by atoms with van der Waals surface area (Å²) in [6, 6.07) is 9.28. The molecule has 5 amide bonds. The van der Waals surface area contributed by atoms with E-state index < -0.39 is 24.2 Å². The Kier molecular flexibility index (Phi) is 12.5. The van der Waals surface area contributed by atoms with Crippen LogP contribution in [-0.4, -0.2) is 77.8 Å². The van der Waals surface area contributed by atoms with Crippen LogP contribution in [0.25, 0.3) is 0 Å². The SMILES string of the molecule is COC(=O)NC(C(=O)N1CCCC1C(=O)Nc1ccc(C2CCC(c3ccc(NC(=O)C4CCCN4C(=O)C(C)C(C)C)c(N)c3)N2)cc1N)C(C)C.